The van der Waals surface area contributed by atoms with Crippen LogP contribution in [0.2, 0.25) is 0 Å². The quantitative estimate of drug-likeness (QED) is 0.259. The van der Waals surface area contributed by atoms with Gasteiger partial charge in [0.25, 0.3) is 11.6 Å². The van der Waals surface area contributed by atoms with Gasteiger partial charge in [-0.3, -0.25) is 19.8 Å². The van der Waals surface area contributed by atoms with Crippen molar-refractivity contribution >= 4 is 59.7 Å². The molecule has 0 aliphatic carbocycles. The van der Waals surface area contributed by atoms with Crippen LogP contribution >= 0.6 is 22.7 Å². The van der Waals surface area contributed by atoms with Crippen LogP contribution in [-0.4, -0.2) is 47.9 Å². The Hall–Kier alpha value is -2.88. The molecule has 0 saturated heterocycles. The van der Waals surface area contributed by atoms with Gasteiger partial charge in [0.1, 0.15) is 0 Å². The number of aromatic nitrogens is 1. The van der Waals surface area contributed by atoms with Crippen molar-refractivity contribution in [3.63, 3.8) is 0 Å². The van der Waals surface area contributed by atoms with Gasteiger partial charge in [-0.1, -0.05) is 11.3 Å². The summed E-state index contributed by atoms with van der Waals surface area (Å²) < 4.78 is 1.91. The molecule has 0 saturated carbocycles. The Bertz CT molecular complexity index is 1290. The minimum atomic E-state index is -0.419. The van der Waals surface area contributed by atoms with Gasteiger partial charge in [0.05, 0.1) is 20.0 Å². The van der Waals surface area contributed by atoms with Gasteiger partial charge >= 0.3 is 0 Å². The summed E-state index contributed by atoms with van der Waals surface area (Å²) in [6.45, 7) is 5.53. The number of non-ortho nitro benzene ring substituents is 1. The summed E-state index contributed by atoms with van der Waals surface area (Å²) in [4.78, 5) is 33.4. The highest BCUT2D eigenvalue weighted by molar-refractivity contribution is 7.23. The lowest BCUT2D eigenvalue weighted by atomic mass is 10.1. The van der Waals surface area contributed by atoms with Crippen molar-refractivity contribution in [2.24, 2.45) is 0 Å². The Morgan fingerprint density at radius 1 is 1.03 bits per heavy atom. The molecule has 4 aromatic rings. The molecule has 0 unspecified atom stereocenters. The van der Waals surface area contributed by atoms with E-state index in [9.17, 15) is 14.9 Å². The number of thiazole rings is 1. The van der Waals surface area contributed by atoms with E-state index in [4.69, 9.17) is 4.98 Å². The highest BCUT2D eigenvalue weighted by atomic mass is 32.1. The molecule has 0 spiro atoms. The molecule has 2 heterocycles. The molecule has 0 N–H and O–H groups in total. The third kappa shape index (κ3) is 4.50. The summed E-state index contributed by atoms with van der Waals surface area (Å²) in [7, 11) is 4.02. The second-order valence-corrected chi connectivity index (χ2v) is 10.2. The van der Waals surface area contributed by atoms with E-state index in [1.165, 1.54) is 45.9 Å². The van der Waals surface area contributed by atoms with Crippen molar-refractivity contribution in [1.82, 2.24) is 9.88 Å². The first-order valence-electron chi connectivity index (χ1n) is 10.3. The fourth-order valence-corrected chi connectivity index (χ4v) is 5.56. The average molecular weight is 469 g/mol. The summed E-state index contributed by atoms with van der Waals surface area (Å²) in [5.74, 6) is -0.125. The number of carbonyl (C=O) groups is 1. The fraction of sp³-hybridized carbons (Fsp3) is 0.304. The minimum absolute atomic E-state index is 0.0223. The number of nitro groups is 1. The van der Waals surface area contributed by atoms with Gasteiger partial charge in [-0.25, -0.2) is 4.98 Å². The summed E-state index contributed by atoms with van der Waals surface area (Å²) in [6.07, 6.45) is 0.809. The Morgan fingerprint density at radius 2 is 1.78 bits per heavy atom. The van der Waals surface area contributed by atoms with E-state index in [2.05, 4.69) is 30.9 Å². The van der Waals surface area contributed by atoms with E-state index in [1.54, 1.807) is 17.0 Å². The number of aryl methyl sites for hydroxylation is 2. The van der Waals surface area contributed by atoms with Gasteiger partial charge in [-0.05, 0) is 76.3 Å². The van der Waals surface area contributed by atoms with E-state index in [-0.39, 0.29) is 11.6 Å². The first-order chi connectivity index (χ1) is 15.2. The van der Waals surface area contributed by atoms with E-state index in [1.807, 2.05) is 14.1 Å². The zero-order valence-corrected chi connectivity index (χ0v) is 20.0. The molecule has 166 valence electrons. The third-order valence-corrected chi connectivity index (χ3v) is 7.52. The molecule has 32 heavy (non-hydrogen) atoms. The largest absolute Gasteiger partial charge is 0.309 e. The predicted octanol–water partition coefficient (Wildman–Crippen LogP) is 5.63. The van der Waals surface area contributed by atoms with E-state index in [0.717, 1.165) is 27.9 Å². The zero-order chi connectivity index (χ0) is 23.0. The van der Waals surface area contributed by atoms with Crippen molar-refractivity contribution in [2.45, 2.75) is 20.3 Å². The number of anilines is 1. The monoisotopic (exact) mass is 468 g/mol. The first kappa shape index (κ1) is 22.3. The van der Waals surface area contributed by atoms with Crippen molar-refractivity contribution in [3.05, 3.63) is 62.5 Å². The van der Waals surface area contributed by atoms with Crippen LogP contribution in [0.15, 0.2) is 36.4 Å². The smallest absolute Gasteiger partial charge is 0.270 e. The van der Waals surface area contributed by atoms with Crippen molar-refractivity contribution in [2.75, 3.05) is 32.1 Å². The maximum absolute atomic E-state index is 13.6. The lowest BCUT2D eigenvalue weighted by Crippen LogP contribution is -2.32. The topological polar surface area (TPSA) is 79.6 Å². The standard InChI is InChI=1S/C23H24N4O3S2/c1-14-10-18-20(11-15(14)2)32-23(24-18)26(9-5-8-25(3)4)22(28)21-13-16-12-17(27(29)30)6-7-19(16)31-21/h6-7,10-13H,5,8-9H2,1-4H3. The van der Waals surface area contributed by atoms with Gasteiger partial charge in [0, 0.05) is 28.8 Å². The number of hydrogen-bond acceptors (Lipinski definition) is 7. The van der Waals surface area contributed by atoms with Crippen LogP contribution in [0.3, 0.4) is 0 Å². The second-order valence-electron chi connectivity index (χ2n) is 8.10. The van der Waals surface area contributed by atoms with Gasteiger partial charge in [0.2, 0.25) is 0 Å². The Kier molecular flexibility index (Phi) is 6.23. The second kappa shape index (κ2) is 8.93. The van der Waals surface area contributed by atoms with Crippen LogP contribution in [-0.2, 0) is 0 Å². The molecule has 2 aromatic carbocycles. The molecular formula is C23H24N4O3S2. The average Bonchev–Trinajstić information content (AvgIpc) is 3.34. The van der Waals surface area contributed by atoms with Crippen LogP contribution in [0, 0.1) is 24.0 Å². The highest BCUT2D eigenvalue weighted by Gasteiger charge is 2.23. The lowest BCUT2D eigenvalue weighted by Gasteiger charge is -2.20. The van der Waals surface area contributed by atoms with Crippen LogP contribution in [0.25, 0.3) is 20.3 Å². The highest BCUT2D eigenvalue weighted by Crippen LogP contribution is 2.34. The summed E-state index contributed by atoms with van der Waals surface area (Å²) in [6, 6.07) is 10.6. The lowest BCUT2D eigenvalue weighted by molar-refractivity contribution is -0.384. The number of nitrogens with zero attached hydrogens (tertiary/aromatic N) is 4. The Labute approximate surface area is 194 Å². The van der Waals surface area contributed by atoms with Crippen molar-refractivity contribution < 1.29 is 9.72 Å². The van der Waals surface area contributed by atoms with E-state index < -0.39 is 4.92 Å². The summed E-state index contributed by atoms with van der Waals surface area (Å²) in [5, 5.41) is 12.5. The number of fused-ring (bicyclic) bond motifs is 2. The normalized spacial score (nSPS) is 11.5. The predicted molar refractivity (Wildman–Crippen MR) is 132 cm³/mol. The molecule has 0 aliphatic rings. The van der Waals surface area contributed by atoms with E-state index >= 15 is 0 Å². The molecule has 0 bridgehead atoms. The van der Waals surface area contributed by atoms with Gasteiger partial charge < -0.3 is 4.90 Å². The van der Waals surface area contributed by atoms with Crippen molar-refractivity contribution in [3.8, 4) is 0 Å². The number of benzene rings is 2. The maximum atomic E-state index is 13.6. The molecule has 2 aromatic heterocycles. The molecule has 7 nitrogen and oxygen atoms in total. The molecule has 1 amide bonds. The molecular weight excluding hydrogens is 444 g/mol. The van der Waals surface area contributed by atoms with Gasteiger partial charge in [-0.2, -0.15) is 0 Å². The number of carbonyl (C=O) groups excluding carboxylic acids is 1. The molecule has 0 fully saturated rings. The number of thiophene rings is 1. The maximum Gasteiger partial charge on any atom is 0.270 e. The summed E-state index contributed by atoms with van der Waals surface area (Å²) in [5.41, 5.74) is 3.29. The van der Waals surface area contributed by atoms with Crippen LogP contribution in [0.5, 0.6) is 0 Å². The number of hydrogen-bond donors (Lipinski definition) is 0. The third-order valence-electron chi connectivity index (χ3n) is 5.38. The molecule has 0 atom stereocenters. The molecule has 9 heteroatoms. The molecule has 0 radical (unpaired) electrons. The minimum Gasteiger partial charge on any atom is -0.309 e. The van der Waals surface area contributed by atoms with Crippen molar-refractivity contribution in [1.29, 1.82) is 0 Å². The number of nitro benzene ring substituents is 1. The van der Waals surface area contributed by atoms with Crippen LogP contribution < -0.4 is 4.90 Å². The number of amides is 1. The Morgan fingerprint density at radius 3 is 2.50 bits per heavy atom. The molecule has 0 aliphatic heterocycles. The zero-order valence-electron chi connectivity index (χ0n) is 18.4. The van der Waals surface area contributed by atoms with Gasteiger partial charge in [0.15, 0.2) is 5.13 Å². The molecule has 4 rings (SSSR count). The summed E-state index contributed by atoms with van der Waals surface area (Å²) >= 11 is 2.87. The van der Waals surface area contributed by atoms with Crippen LogP contribution in [0.4, 0.5) is 10.8 Å². The van der Waals surface area contributed by atoms with E-state index in [0.29, 0.717) is 21.9 Å². The SMILES string of the molecule is Cc1cc2nc(N(CCCN(C)C)C(=O)c3cc4cc([N+](=O)[O-])ccc4s3)sc2cc1C. The fourth-order valence-electron chi connectivity index (χ4n) is 3.50. The number of rotatable bonds is 7. The van der Waals surface area contributed by atoms with Gasteiger partial charge in [-0.15, -0.1) is 11.3 Å². The first-order valence-corrected chi connectivity index (χ1v) is 11.9. The Balaban J connectivity index is 1.71. The van der Waals surface area contributed by atoms with Crippen LogP contribution in [0.1, 0.15) is 27.2 Å².